The highest BCUT2D eigenvalue weighted by Gasteiger charge is 2.40. The second-order valence-electron chi connectivity index (χ2n) is 5.09. The first-order valence-electron chi connectivity index (χ1n) is 6.39. The fraction of sp³-hybridized carbons (Fsp3) is 0.500. The number of hydrogen-bond acceptors (Lipinski definition) is 5. The molecule has 0 unspecified atom stereocenters. The summed E-state index contributed by atoms with van der Waals surface area (Å²) in [5.41, 5.74) is -2.12. The molecule has 1 aliphatic carbocycles. The molecule has 0 spiro atoms. The maximum atomic E-state index is 13.5. The maximum absolute atomic E-state index is 13.5. The Kier molecular flexibility index (Phi) is 4.26. The Morgan fingerprint density at radius 1 is 1.38 bits per heavy atom. The number of aliphatic hydroxyl groups excluding tert-OH is 1. The van der Waals surface area contributed by atoms with E-state index in [1.807, 2.05) is 0 Å². The Hall–Kier alpha value is -1.58. The molecule has 1 fully saturated rings. The molecule has 1 aromatic rings. The number of hydrogen-bond donors (Lipinski definition) is 2. The first-order chi connectivity index (χ1) is 9.81. The van der Waals surface area contributed by atoms with Gasteiger partial charge in [-0.05, 0) is 25.0 Å². The van der Waals surface area contributed by atoms with E-state index in [9.17, 15) is 28.0 Å². The Balaban J connectivity index is 2.45. The van der Waals surface area contributed by atoms with Crippen molar-refractivity contribution in [2.24, 2.45) is 0 Å². The number of nitro benzene ring substituents is 1. The van der Waals surface area contributed by atoms with Crippen molar-refractivity contribution in [2.45, 2.75) is 36.1 Å². The van der Waals surface area contributed by atoms with Crippen LogP contribution in [0.25, 0.3) is 0 Å². The quantitative estimate of drug-likeness (QED) is 0.628. The highest BCUT2D eigenvalue weighted by Crippen LogP contribution is 2.33. The van der Waals surface area contributed by atoms with Crippen LogP contribution >= 0.6 is 0 Å². The molecule has 0 heterocycles. The second kappa shape index (κ2) is 5.66. The molecular weight excluding hydrogens is 303 g/mol. The normalized spacial score (nSPS) is 17.8. The summed E-state index contributed by atoms with van der Waals surface area (Å²) in [4.78, 5) is 9.11. The van der Waals surface area contributed by atoms with E-state index in [0.717, 1.165) is 31.0 Å². The van der Waals surface area contributed by atoms with Gasteiger partial charge in [-0.25, -0.2) is 13.1 Å². The van der Waals surface area contributed by atoms with E-state index in [-0.39, 0.29) is 0 Å². The van der Waals surface area contributed by atoms with Crippen LogP contribution in [0.2, 0.25) is 0 Å². The number of nitro groups is 1. The molecule has 7 nitrogen and oxygen atoms in total. The predicted octanol–water partition coefficient (Wildman–Crippen LogP) is 1.32. The van der Waals surface area contributed by atoms with Crippen LogP contribution in [0.5, 0.6) is 0 Å². The zero-order valence-corrected chi connectivity index (χ0v) is 11.9. The van der Waals surface area contributed by atoms with E-state index < -0.39 is 43.5 Å². The fourth-order valence-corrected chi connectivity index (χ4v) is 4.21. The van der Waals surface area contributed by atoms with Crippen LogP contribution < -0.4 is 4.72 Å². The van der Waals surface area contributed by atoms with Crippen molar-refractivity contribution >= 4 is 15.7 Å². The van der Waals surface area contributed by atoms with E-state index in [2.05, 4.69) is 4.72 Å². The van der Waals surface area contributed by atoms with E-state index in [4.69, 9.17) is 0 Å². The number of para-hydroxylation sites is 1. The Labute approximate surface area is 121 Å². The van der Waals surface area contributed by atoms with Crippen LogP contribution in [-0.2, 0) is 10.0 Å². The molecule has 1 aromatic carbocycles. The summed E-state index contributed by atoms with van der Waals surface area (Å²) in [6.45, 7) is -0.407. The maximum Gasteiger partial charge on any atom is 0.324 e. The summed E-state index contributed by atoms with van der Waals surface area (Å²) < 4.78 is 40.5. The van der Waals surface area contributed by atoms with Crippen LogP contribution in [0.3, 0.4) is 0 Å². The van der Waals surface area contributed by atoms with E-state index in [1.165, 1.54) is 0 Å². The summed E-state index contributed by atoms with van der Waals surface area (Å²) in [5, 5.41) is 20.3. The Morgan fingerprint density at radius 3 is 2.52 bits per heavy atom. The van der Waals surface area contributed by atoms with Gasteiger partial charge < -0.3 is 5.11 Å². The van der Waals surface area contributed by atoms with Crippen molar-refractivity contribution in [3.63, 3.8) is 0 Å². The molecule has 0 bridgehead atoms. The van der Waals surface area contributed by atoms with Gasteiger partial charge >= 0.3 is 5.69 Å². The highest BCUT2D eigenvalue weighted by molar-refractivity contribution is 7.89. The molecule has 1 saturated carbocycles. The van der Waals surface area contributed by atoms with Gasteiger partial charge in [0.25, 0.3) is 0 Å². The van der Waals surface area contributed by atoms with Crippen molar-refractivity contribution in [3.05, 3.63) is 34.1 Å². The number of rotatable bonds is 5. The zero-order chi connectivity index (χ0) is 15.7. The lowest BCUT2D eigenvalue weighted by atomic mass is 10.0. The van der Waals surface area contributed by atoms with Gasteiger partial charge in [0.2, 0.25) is 15.8 Å². The average molecular weight is 318 g/mol. The molecule has 2 N–H and O–H groups in total. The second-order valence-corrected chi connectivity index (χ2v) is 6.75. The van der Waals surface area contributed by atoms with E-state index in [1.54, 1.807) is 0 Å². The number of nitrogens with zero attached hydrogens (tertiary/aromatic N) is 1. The number of sulfonamides is 1. The van der Waals surface area contributed by atoms with Crippen LogP contribution in [0.15, 0.2) is 23.1 Å². The molecule has 116 valence electrons. The van der Waals surface area contributed by atoms with Gasteiger partial charge in [-0.15, -0.1) is 0 Å². The number of aliphatic hydroxyl groups is 1. The SMILES string of the molecule is O=[N+]([O-])c1c(F)cccc1S(=O)(=O)NC1(CO)CCCC1. The summed E-state index contributed by atoms with van der Waals surface area (Å²) in [7, 11) is -4.30. The lowest BCUT2D eigenvalue weighted by molar-refractivity contribution is -0.390. The van der Waals surface area contributed by atoms with Crippen LogP contribution in [-0.4, -0.2) is 30.6 Å². The van der Waals surface area contributed by atoms with Crippen molar-refractivity contribution in [1.29, 1.82) is 0 Å². The summed E-state index contributed by atoms with van der Waals surface area (Å²) in [6, 6.07) is 2.90. The predicted molar refractivity (Wildman–Crippen MR) is 71.7 cm³/mol. The van der Waals surface area contributed by atoms with Gasteiger partial charge in [0.15, 0.2) is 4.90 Å². The van der Waals surface area contributed by atoms with Crippen molar-refractivity contribution in [2.75, 3.05) is 6.61 Å². The molecule has 0 radical (unpaired) electrons. The third kappa shape index (κ3) is 3.04. The molecule has 9 heteroatoms. The smallest absolute Gasteiger partial charge is 0.324 e. The van der Waals surface area contributed by atoms with E-state index in [0.29, 0.717) is 12.8 Å². The molecule has 1 aliphatic rings. The Bertz CT molecular complexity index is 656. The monoisotopic (exact) mass is 318 g/mol. The molecule has 0 saturated heterocycles. The molecule has 2 rings (SSSR count). The summed E-state index contributed by atoms with van der Waals surface area (Å²) in [5.74, 6) is -1.22. The number of halogens is 1. The number of nitrogens with one attached hydrogen (secondary N) is 1. The lowest BCUT2D eigenvalue weighted by Crippen LogP contribution is -2.49. The minimum Gasteiger partial charge on any atom is -0.394 e. The summed E-state index contributed by atoms with van der Waals surface area (Å²) >= 11 is 0. The van der Waals surface area contributed by atoms with Crippen molar-refractivity contribution in [3.8, 4) is 0 Å². The van der Waals surface area contributed by atoms with Gasteiger partial charge in [0.1, 0.15) is 0 Å². The third-order valence-electron chi connectivity index (χ3n) is 3.64. The third-order valence-corrected chi connectivity index (χ3v) is 5.25. The van der Waals surface area contributed by atoms with Gasteiger partial charge in [0.05, 0.1) is 17.1 Å². The average Bonchev–Trinajstić information content (AvgIpc) is 2.86. The molecule has 0 amide bonds. The largest absolute Gasteiger partial charge is 0.394 e. The molecule has 0 atom stereocenters. The van der Waals surface area contributed by atoms with Crippen LogP contribution in [0, 0.1) is 15.9 Å². The molecule has 0 aliphatic heterocycles. The van der Waals surface area contributed by atoms with Gasteiger partial charge in [0, 0.05) is 0 Å². The fourth-order valence-electron chi connectivity index (χ4n) is 2.57. The summed E-state index contributed by atoms with van der Waals surface area (Å²) in [6.07, 6.45) is 2.36. The molecule has 21 heavy (non-hydrogen) atoms. The number of benzene rings is 1. The van der Waals surface area contributed by atoms with E-state index >= 15 is 0 Å². The zero-order valence-electron chi connectivity index (χ0n) is 11.1. The molecule has 0 aromatic heterocycles. The van der Waals surface area contributed by atoms with Gasteiger partial charge in [-0.1, -0.05) is 18.9 Å². The minimum absolute atomic E-state index is 0.407. The minimum atomic E-state index is -4.30. The lowest BCUT2D eigenvalue weighted by Gasteiger charge is -2.27. The van der Waals surface area contributed by atoms with Gasteiger partial charge in [-0.2, -0.15) is 4.39 Å². The van der Waals surface area contributed by atoms with Crippen LogP contribution in [0.4, 0.5) is 10.1 Å². The van der Waals surface area contributed by atoms with Crippen molar-refractivity contribution < 1.29 is 22.8 Å². The topological polar surface area (TPSA) is 110 Å². The van der Waals surface area contributed by atoms with Crippen LogP contribution in [0.1, 0.15) is 25.7 Å². The first-order valence-corrected chi connectivity index (χ1v) is 7.87. The highest BCUT2D eigenvalue weighted by atomic mass is 32.2. The molecular formula is C12H15FN2O5S. The first kappa shape index (κ1) is 15.8. The Morgan fingerprint density at radius 2 is 2.00 bits per heavy atom. The van der Waals surface area contributed by atoms with Crippen molar-refractivity contribution in [1.82, 2.24) is 4.72 Å². The standard InChI is InChI=1S/C12H15FN2O5S/c13-9-4-3-5-10(11(9)15(17)18)21(19,20)14-12(8-16)6-1-2-7-12/h3-5,14,16H,1-2,6-8H2. The van der Waals surface area contributed by atoms with Gasteiger partial charge in [-0.3, -0.25) is 10.1 Å².